The number of halogens is 1. The van der Waals surface area contributed by atoms with E-state index in [4.69, 9.17) is 14.0 Å². The van der Waals surface area contributed by atoms with Crippen molar-refractivity contribution in [3.63, 3.8) is 0 Å². The summed E-state index contributed by atoms with van der Waals surface area (Å²) in [5.41, 5.74) is 0.797. The molecule has 3 aromatic rings. The zero-order chi connectivity index (χ0) is 27.3. The fraction of sp³-hybridized carbons (Fsp3) is 0.448. The number of rotatable bonds is 4. The molecular weight excluding hydrogens is 472 g/mol. The molecule has 0 unspecified atom stereocenters. The van der Waals surface area contributed by atoms with Crippen LogP contribution in [0.5, 0.6) is 0 Å². The summed E-state index contributed by atoms with van der Waals surface area (Å²) in [4.78, 5) is 25.4. The smallest absolute Gasteiger partial charge is 0.461 e. The van der Waals surface area contributed by atoms with Gasteiger partial charge >= 0.3 is 13.1 Å². The van der Waals surface area contributed by atoms with E-state index >= 15 is 4.39 Å². The molecule has 8 heteroatoms. The maximum atomic E-state index is 15.3. The highest BCUT2D eigenvalue weighted by atomic mass is 19.1. The third-order valence-electron chi connectivity index (χ3n) is 6.65. The van der Waals surface area contributed by atoms with E-state index in [0.717, 1.165) is 5.56 Å². The number of pyridine rings is 1. The van der Waals surface area contributed by atoms with Crippen LogP contribution in [-0.4, -0.2) is 28.9 Å². The van der Waals surface area contributed by atoms with Crippen LogP contribution < -0.4 is 11.0 Å². The highest BCUT2D eigenvalue weighted by molar-refractivity contribution is 6.62. The minimum Gasteiger partial charge on any atom is -0.461 e. The van der Waals surface area contributed by atoms with E-state index in [0.29, 0.717) is 28.5 Å². The molecule has 0 radical (unpaired) electrons. The number of hydrogen-bond donors (Lipinski definition) is 0. The maximum absolute atomic E-state index is 15.3. The number of carbonyl (C=O) groups excluding carboxylic acids is 1. The Bertz CT molecular complexity index is 1400. The van der Waals surface area contributed by atoms with Gasteiger partial charge in [-0.2, -0.15) is 0 Å². The Morgan fingerprint density at radius 3 is 2.35 bits per heavy atom. The van der Waals surface area contributed by atoms with Crippen molar-refractivity contribution in [2.45, 2.75) is 85.0 Å². The summed E-state index contributed by atoms with van der Waals surface area (Å²) < 4.78 is 34.7. The van der Waals surface area contributed by atoms with Crippen LogP contribution >= 0.6 is 0 Å². The maximum Gasteiger partial charge on any atom is 0.495 e. The minimum atomic E-state index is -0.744. The zero-order valence-electron chi connectivity index (χ0n) is 22.9. The van der Waals surface area contributed by atoms with Crippen molar-refractivity contribution in [1.82, 2.24) is 4.57 Å². The van der Waals surface area contributed by atoms with Crippen LogP contribution in [0.25, 0.3) is 16.5 Å². The molecule has 0 spiro atoms. The standard InChI is InChI=1S/C29H35BFNO5/c1-18(33)35-16-21-22(30-36-28(5,6)17-29(7,8)37-30)10-9-11-24(21)32-13-12-19-14-20(27(2,3)4)15-23(31)25(19)26(32)34/h9-15H,16-17H2,1-8H3. The predicted octanol–water partition coefficient (Wildman–Crippen LogP) is 5.18. The van der Waals surface area contributed by atoms with Gasteiger partial charge in [-0.25, -0.2) is 4.39 Å². The molecule has 1 saturated heterocycles. The average Bonchev–Trinajstić information content (AvgIpc) is 2.74. The number of ether oxygens (including phenoxy) is 1. The van der Waals surface area contributed by atoms with E-state index in [9.17, 15) is 9.59 Å². The Morgan fingerprint density at radius 2 is 1.76 bits per heavy atom. The molecule has 1 aliphatic heterocycles. The molecule has 196 valence electrons. The highest BCUT2D eigenvalue weighted by Gasteiger charge is 2.44. The fourth-order valence-electron chi connectivity index (χ4n) is 5.16. The monoisotopic (exact) mass is 507 g/mol. The Labute approximate surface area is 217 Å². The molecule has 0 amide bonds. The van der Waals surface area contributed by atoms with Gasteiger partial charge in [0.2, 0.25) is 0 Å². The number of carbonyl (C=O) groups is 1. The van der Waals surface area contributed by atoms with Crippen LogP contribution in [0.3, 0.4) is 0 Å². The van der Waals surface area contributed by atoms with Crippen molar-refractivity contribution in [3.05, 3.63) is 69.9 Å². The van der Waals surface area contributed by atoms with Gasteiger partial charge in [0.25, 0.3) is 5.56 Å². The number of aromatic nitrogens is 1. The first-order valence-corrected chi connectivity index (χ1v) is 12.5. The predicted molar refractivity (Wildman–Crippen MR) is 144 cm³/mol. The van der Waals surface area contributed by atoms with Crippen molar-refractivity contribution in [2.24, 2.45) is 0 Å². The molecule has 4 rings (SSSR count). The van der Waals surface area contributed by atoms with Gasteiger partial charge < -0.3 is 14.0 Å². The van der Waals surface area contributed by atoms with Gasteiger partial charge in [-0.3, -0.25) is 14.2 Å². The topological polar surface area (TPSA) is 66.8 Å². The molecule has 0 N–H and O–H groups in total. The summed E-state index contributed by atoms with van der Waals surface area (Å²) in [6, 6.07) is 10.4. The molecule has 1 aromatic heterocycles. The van der Waals surface area contributed by atoms with Crippen molar-refractivity contribution >= 4 is 29.3 Å². The molecule has 37 heavy (non-hydrogen) atoms. The third-order valence-corrected chi connectivity index (χ3v) is 6.65. The van der Waals surface area contributed by atoms with Gasteiger partial charge in [0.05, 0.1) is 22.3 Å². The van der Waals surface area contributed by atoms with Gasteiger partial charge in [0.15, 0.2) is 0 Å². The Balaban J connectivity index is 1.91. The fourth-order valence-corrected chi connectivity index (χ4v) is 5.16. The molecular formula is C29H35BFNO5. The van der Waals surface area contributed by atoms with E-state index in [1.165, 1.54) is 17.6 Å². The van der Waals surface area contributed by atoms with Crippen LogP contribution in [0.15, 0.2) is 47.4 Å². The van der Waals surface area contributed by atoms with Crippen molar-refractivity contribution in [1.29, 1.82) is 0 Å². The summed E-state index contributed by atoms with van der Waals surface area (Å²) in [5, 5.41) is 0.540. The van der Waals surface area contributed by atoms with Gasteiger partial charge in [-0.15, -0.1) is 0 Å². The quantitative estimate of drug-likeness (QED) is 0.360. The summed E-state index contributed by atoms with van der Waals surface area (Å²) in [5.74, 6) is -1.03. The first kappa shape index (κ1) is 27.1. The van der Waals surface area contributed by atoms with E-state index < -0.39 is 35.7 Å². The normalized spacial score (nSPS) is 17.2. The molecule has 2 aromatic carbocycles. The third kappa shape index (κ3) is 5.65. The van der Waals surface area contributed by atoms with Crippen LogP contribution in [0.2, 0.25) is 0 Å². The molecule has 1 aliphatic rings. The van der Waals surface area contributed by atoms with Gasteiger partial charge in [-0.05, 0) is 67.7 Å². The number of esters is 1. The summed E-state index contributed by atoms with van der Waals surface area (Å²) >= 11 is 0. The average molecular weight is 507 g/mol. The molecule has 0 aliphatic carbocycles. The first-order valence-electron chi connectivity index (χ1n) is 12.5. The molecule has 0 atom stereocenters. The van der Waals surface area contributed by atoms with E-state index in [1.54, 1.807) is 24.4 Å². The summed E-state index contributed by atoms with van der Waals surface area (Å²) in [7, 11) is -0.744. The first-order chi connectivity index (χ1) is 17.1. The van der Waals surface area contributed by atoms with Gasteiger partial charge in [-0.1, -0.05) is 39.0 Å². The van der Waals surface area contributed by atoms with Crippen LogP contribution in [-0.2, 0) is 30.9 Å². The van der Waals surface area contributed by atoms with E-state index in [-0.39, 0.29) is 17.4 Å². The van der Waals surface area contributed by atoms with E-state index in [2.05, 4.69) is 0 Å². The second kappa shape index (κ2) is 9.41. The minimum absolute atomic E-state index is 0.00627. The van der Waals surface area contributed by atoms with E-state index in [1.807, 2.05) is 60.6 Å². The number of fused-ring (bicyclic) bond motifs is 1. The van der Waals surface area contributed by atoms with Crippen LogP contribution in [0.1, 0.15) is 72.9 Å². The molecule has 0 bridgehead atoms. The van der Waals surface area contributed by atoms with Crippen molar-refractivity contribution in [3.8, 4) is 5.69 Å². The Kier molecular flexibility index (Phi) is 6.88. The van der Waals surface area contributed by atoms with Crippen molar-refractivity contribution < 1.29 is 23.2 Å². The Morgan fingerprint density at radius 1 is 1.11 bits per heavy atom. The molecule has 0 saturated carbocycles. The second-order valence-corrected chi connectivity index (χ2v) is 12.1. The number of nitrogens with zero attached hydrogens (tertiary/aromatic N) is 1. The van der Waals surface area contributed by atoms with Crippen molar-refractivity contribution in [2.75, 3.05) is 0 Å². The molecule has 1 fully saturated rings. The lowest BCUT2D eigenvalue weighted by atomic mass is 9.70. The number of benzene rings is 2. The Hall–Kier alpha value is -2.97. The SMILES string of the molecule is CC(=O)OCc1c(B2OC(C)(C)CC(C)(C)O2)cccc1-n1ccc2cc(C(C)(C)C)cc(F)c2c1=O. The van der Waals surface area contributed by atoms with Crippen LogP contribution in [0.4, 0.5) is 4.39 Å². The highest BCUT2D eigenvalue weighted by Crippen LogP contribution is 2.34. The summed E-state index contributed by atoms with van der Waals surface area (Å²) in [6.45, 7) is 15.2. The largest absolute Gasteiger partial charge is 0.495 e. The number of hydrogen-bond acceptors (Lipinski definition) is 5. The lowest BCUT2D eigenvalue weighted by Crippen LogP contribution is -2.57. The lowest BCUT2D eigenvalue weighted by Gasteiger charge is -2.44. The lowest BCUT2D eigenvalue weighted by molar-refractivity contribution is -0.142. The second-order valence-electron chi connectivity index (χ2n) is 12.1. The molecule has 6 nitrogen and oxygen atoms in total. The van der Waals surface area contributed by atoms with Crippen LogP contribution in [0, 0.1) is 5.82 Å². The van der Waals surface area contributed by atoms with Gasteiger partial charge in [0.1, 0.15) is 12.4 Å². The molecule has 2 heterocycles. The summed E-state index contributed by atoms with van der Waals surface area (Å²) in [6.07, 6.45) is 2.32. The van der Waals surface area contributed by atoms with Gasteiger partial charge in [0, 0.05) is 25.1 Å². The zero-order valence-corrected chi connectivity index (χ0v) is 22.9.